The summed E-state index contributed by atoms with van der Waals surface area (Å²) in [6.45, 7) is 2.25. The van der Waals surface area contributed by atoms with Gasteiger partial charge in [-0.25, -0.2) is 9.78 Å². The number of aryl methyl sites for hydroxylation is 2. The lowest BCUT2D eigenvalue weighted by Gasteiger charge is -2.19. The number of ether oxygens (including phenoxy) is 1. The lowest BCUT2D eigenvalue weighted by atomic mass is 10.1. The van der Waals surface area contributed by atoms with E-state index in [9.17, 15) is 9.59 Å². The van der Waals surface area contributed by atoms with E-state index < -0.39 is 5.69 Å². The maximum Gasteiger partial charge on any atom is 0.345 e. The normalized spacial score (nSPS) is 21.0. The van der Waals surface area contributed by atoms with Crippen LogP contribution in [0.25, 0.3) is 0 Å². The van der Waals surface area contributed by atoms with Crippen LogP contribution in [0.4, 0.5) is 0 Å². The number of carbonyl (C=O) groups excluding carboxylic acids is 1. The van der Waals surface area contributed by atoms with Crippen LogP contribution >= 0.6 is 0 Å². The molecule has 3 heterocycles. The Morgan fingerprint density at radius 2 is 2.36 bits per heavy atom. The Hall–Kier alpha value is -2.48. The third-order valence-electron chi connectivity index (χ3n) is 3.63. The van der Waals surface area contributed by atoms with Crippen LogP contribution in [0, 0.1) is 6.92 Å². The number of carbonyl (C=O) groups is 1. The number of rotatable bonds is 3. The lowest BCUT2D eigenvalue weighted by Crippen LogP contribution is -2.38. The third-order valence-corrected chi connectivity index (χ3v) is 3.63. The zero-order valence-corrected chi connectivity index (χ0v) is 12.4. The molecule has 2 aromatic heterocycles. The minimum atomic E-state index is -0.534. The summed E-state index contributed by atoms with van der Waals surface area (Å²) in [5, 5.41) is 2.88. The first-order valence-corrected chi connectivity index (χ1v) is 7.02. The highest BCUT2D eigenvalue weighted by Crippen LogP contribution is 2.27. The molecule has 1 aliphatic heterocycles. The lowest BCUT2D eigenvalue weighted by molar-refractivity contribution is 0.0776. The average Bonchev–Trinajstić information content (AvgIpc) is 3.06. The summed E-state index contributed by atoms with van der Waals surface area (Å²) in [4.78, 5) is 34.1. The Morgan fingerprint density at radius 3 is 3.05 bits per heavy atom. The van der Waals surface area contributed by atoms with Gasteiger partial charge in [0.1, 0.15) is 17.6 Å². The van der Waals surface area contributed by atoms with E-state index in [-0.39, 0.29) is 23.7 Å². The molecule has 1 aliphatic rings. The van der Waals surface area contributed by atoms with Gasteiger partial charge in [0.05, 0.1) is 6.04 Å². The summed E-state index contributed by atoms with van der Waals surface area (Å²) >= 11 is 0. The van der Waals surface area contributed by atoms with E-state index >= 15 is 0 Å². The van der Waals surface area contributed by atoms with Crippen LogP contribution in [0.5, 0.6) is 0 Å². The Labute approximate surface area is 126 Å². The van der Waals surface area contributed by atoms with E-state index in [4.69, 9.17) is 4.74 Å². The van der Waals surface area contributed by atoms with E-state index in [0.717, 1.165) is 5.82 Å². The zero-order valence-electron chi connectivity index (χ0n) is 12.4. The second kappa shape index (κ2) is 5.72. The van der Waals surface area contributed by atoms with Gasteiger partial charge in [0.25, 0.3) is 5.91 Å². The first-order chi connectivity index (χ1) is 10.5. The van der Waals surface area contributed by atoms with Crippen LogP contribution in [0.15, 0.2) is 23.3 Å². The van der Waals surface area contributed by atoms with E-state index in [0.29, 0.717) is 18.7 Å². The van der Waals surface area contributed by atoms with Crippen molar-refractivity contribution in [3.05, 3.63) is 46.2 Å². The topological polar surface area (TPSA) is 102 Å². The molecule has 3 rings (SSSR count). The molecule has 0 radical (unpaired) electrons. The van der Waals surface area contributed by atoms with Crippen molar-refractivity contribution in [1.82, 2.24) is 24.8 Å². The molecule has 1 fully saturated rings. The Morgan fingerprint density at radius 1 is 1.55 bits per heavy atom. The van der Waals surface area contributed by atoms with Crippen molar-refractivity contribution in [3.8, 4) is 0 Å². The van der Waals surface area contributed by atoms with E-state index in [1.54, 1.807) is 19.2 Å². The number of nitrogens with zero attached hydrogens (tertiary/aromatic N) is 3. The number of amides is 1. The second-order valence-electron chi connectivity index (χ2n) is 5.31. The minimum Gasteiger partial charge on any atom is -0.368 e. The van der Waals surface area contributed by atoms with Crippen LogP contribution in [-0.2, 0) is 11.8 Å². The Kier molecular flexibility index (Phi) is 3.76. The molecule has 0 spiro atoms. The molecule has 116 valence electrons. The summed E-state index contributed by atoms with van der Waals surface area (Å²) < 4.78 is 7.55. The highest BCUT2D eigenvalue weighted by atomic mass is 16.5. The van der Waals surface area contributed by atoms with Crippen LogP contribution in [0.1, 0.15) is 34.5 Å². The molecular formula is C14H17N5O3. The molecule has 8 heteroatoms. The van der Waals surface area contributed by atoms with Crippen molar-refractivity contribution in [2.75, 3.05) is 6.61 Å². The molecule has 0 aliphatic carbocycles. The maximum absolute atomic E-state index is 12.3. The smallest absolute Gasteiger partial charge is 0.345 e. The van der Waals surface area contributed by atoms with Gasteiger partial charge in [0, 0.05) is 31.7 Å². The SMILES string of the molecule is Cc1cc(C(=O)N[C@H]2CCO[C@@H]2c2nccn2C)nc(=O)[nH]1. The number of hydrogen-bond acceptors (Lipinski definition) is 5. The molecule has 1 saturated heterocycles. The van der Waals surface area contributed by atoms with Gasteiger partial charge < -0.3 is 19.6 Å². The highest BCUT2D eigenvalue weighted by Gasteiger charge is 2.33. The number of nitrogens with one attached hydrogen (secondary N) is 2. The maximum atomic E-state index is 12.3. The summed E-state index contributed by atoms with van der Waals surface area (Å²) in [6, 6.07) is 1.34. The van der Waals surface area contributed by atoms with Crippen molar-refractivity contribution in [1.29, 1.82) is 0 Å². The van der Waals surface area contributed by atoms with Gasteiger partial charge in [-0.15, -0.1) is 0 Å². The van der Waals surface area contributed by atoms with E-state index in [2.05, 4.69) is 20.3 Å². The number of aromatic amines is 1. The van der Waals surface area contributed by atoms with Crippen LogP contribution in [0.2, 0.25) is 0 Å². The van der Waals surface area contributed by atoms with Gasteiger partial charge >= 0.3 is 5.69 Å². The number of aromatic nitrogens is 4. The fourth-order valence-electron chi connectivity index (χ4n) is 2.58. The van der Waals surface area contributed by atoms with Crippen LogP contribution in [-0.4, -0.2) is 38.1 Å². The molecule has 22 heavy (non-hydrogen) atoms. The predicted molar refractivity (Wildman–Crippen MR) is 77.4 cm³/mol. The molecule has 2 N–H and O–H groups in total. The third kappa shape index (κ3) is 2.77. The number of hydrogen-bond donors (Lipinski definition) is 2. The number of imidazole rings is 1. The molecule has 0 aromatic carbocycles. The standard InChI is InChI=1S/C14H17N5O3/c1-8-7-10(18-14(21)16-8)13(20)17-9-3-6-22-11(9)12-15-4-5-19(12)2/h4-5,7,9,11H,3,6H2,1-2H3,(H,17,20)(H,16,18,21)/t9-,11-/m0/s1. The van der Waals surface area contributed by atoms with Crippen molar-refractivity contribution >= 4 is 5.91 Å². The monoisotopic (exact) mass is 303 g/mol. The first kappa shape index (κ1) is 14.5. The fraction of sp³-hybridized carbons (Fsp3) is 0.429. The Bertz CT molecular complexity index is 751. The van der Waals surface area contributed by atoms with Gasteiger partial charge in [-0.05, 0) is 19.4 Å². The van der Waals surface area contributed by atoms with Crippen molar-refractivity contribution in [2.24, 2.45) is 7.05 Å². The molecule has 0 bridgehead atoms. The van der Waals surface area contributed by atoms with Crippen LogP contribution < -0.4 is 11.0 Å². The molecule has 0 saturated carbocycles. The summed E-state index contributed by atoms with van der Waals surface area (Å²) in [7, 11) is 1.88. The number of H-pyrrole nitrogens is 1. The van der Waals surface area contributed by atoms with Crippen molar-refractivity contribution in [2.45, 2.75) is 25.5 Å². The highest BCUT2D eigenvalue weighted by molar-refractivity contribution is 5.92. The molecular weight excluding hydrogens is 286 g/mol. The second-order valence-corrected chi connectivity index (χ2v) is 5.31. The van der Waals surface area contributed by atoms with Crippen LogP contribution in [0.3, 0.4) is 0 Å². The zero-order chi connectivity index (χ0) is 15.7. The quantitative estimate of drug-likeness (QED) is 0.835. The molecule has 2 aromatic rings. The largest absolute Gasteiger partial charge is 0.368 e. The van der Waals surface area contributed by atoms with Gasteiger partial charge in [0.15, 0.2) is 0 Å². The van der Waals surface area contributed by atoms with Gasteiger partial charge in [-0.3, -0.25) is 4.79 Å². The molecule has 8 nitrogen and oxygen atoms in total. The predicted octanol–water partition coefficient (Wildman–Crippen LogP) is 0.0718. The molecule has 1 amide bonds. The van der Waals surface area contributed by atoms with E-state index in [1.807, 2.05) is 17.8 Å². The summed E-state index contributed by atoms with van der Waals surface area (Å²) in [6.07, 6.45) is 3.91. The first-order valence-electron chi connectivity index (χ1n) is 7.02. The van der Waals surface area contributed by atoms with Gasteiger partial charge in [-0.2, -0.15) is 4.98 Å². The van der Waals surface area contributed by atoms with E-state index in [1.165, 1.54) is 0 Å². The molecule has 2 atom stereocenters. The minimum absolute atomic E-state index is 0.103. The van der Waals surface area contributed by atoms with Gasteiger partial charge in [0.2, 0.25) is 0 Å². The average molecular weight is 303 g/mol. The fourth-order valence-corrected chi connectivity index (χ4v) is 2.58. The van der Waals surface area contributed by atoms with Crippen molar-refractivity contribution < 1.29 is 9.53 Å². The summed E-state index contributed by atoms with van der Waals surface area (Å²) in [5.41, 5.74) is 0.161. The van der Waals surface area contributed by atoms with Gasteiger partial charge in [-0.1, -0.05) is 0 Å². The Balaban J connectivity index is 1.78. The summed E-state index contributed by atoms with van der Waals surface area (Å²) in [5.74, 6) is 0.377. The molecule has 0 unspecified atom stereocenters. The van der Waals surface area contributed by atoms with Crippen molar-refractivity contribution in [3.63, 3.8) is 0 Å².